The van der Waals surface area contributed by atoms with Crippen LogP contribution >= 0.6 is 0 Å². The van der Waals surface area contributed by atoms with Crippen molar-refractivity contribution in [2.45, 2.75) is 6.54 Å². The molecule has 90 valence electrons. The van der Waals surface area contributed by atoms with Gasteiger partial charge in [-0.2, -0.15) is 5.26 Å². The molecule has 1 heterocycles. The Morgan fingerprint density at radius 1 is 1.17 bits per heavy atom. The van der Waals surface area contributed by atoms with Crippen LogP contribution in [0.25, 0.3) is 0 Å². The summed E-state index contributed by atoms with van der Waals surface area (Å²) in [4.78, 5) is 7.62. The zero-order chi connectivity index (χ0) is 13.0. The van der Waals surface area contributed by atoms with Crippen LogP contribution in [0.5, 0.6) is 0 Å². The predicted molar refractivity (Wildman–Crippen MR) is 60.4 cm³/mol. The van der Waals surface area contributed by atoms with Crippen molar-refractivity contribution in [3.05, 3.63) is 53.5 Å². The third-order valence-electron chi connectivity index (χ3n) is 2.24. The first-order valence-corrected chi connectivity index (χ1v) is 5.09. The van der Waals surface area contributed by atoms with Crippen molar-refractivity contribution < 1.29 is 8.78 Å². The van der Waals surface area contributed by atoms with E-state index in [9.17, 15) is 8.78 Å². The average molecular weight is 246 g/mol. The number of benzene rings is 1. The van der Waals surface area contributed by atoms with Gasteiger partial charge in [0.2, 0.25) is 0 Å². The molecule has 0 saturated heterocycles. The van der Waals surface area contributed by atoms with Gasteiger partial charge in [-0.15, -0.1) is 0 Å². The maximum absolute atomic E-state index is 13.0. The van der Waals surface area contributed by atoms with Crippen molar-refractivity contribution >= 4 is 5.82 Å². The number of hydrogen-bond acceptors (Lipinski definition) is 4. The van der Waals surface area contributed by atoms with Gasteiger partial charge in [0, 0.05) is 12.6 Å². The molecule has 1 aromatic heterocycles. The van der Waals surface area contributed by atoms with Crippen molar-refractivity contribution in [1.29, 1.82) is 5.26 Å². The van der Waals surface area contributed by atoms with E-state index in [1.54, 1.807) is 0 Å². The summed E-state index contributed by atoms with van der Waals surface area (Å²) in [5, 5.41) is 11.5. The molecule has 0 atom stereocenters. The van der Waals surface area contributed by atoms with E-state index in [-0.39, 0.29) is 12.2 Å². The lowest BCUT2D eigenvalue weighted by atomic mass is 10.2. The Bertz CT molecular complexity index is 607. The summed E-state index contributed by atoms with van der Waals surface area (Å²) in [7, 11) is 0. The minimum absolute atomic E-state index is 0.234. The van der Waals surface area contributed by atoms with E-state index in [0.29, 0.717) is 11.4 Å². The number of nitriles is 1. The van der Waals surface area contributed by atoms with Crippen LogP contribution < -0.4 is 5.32 Å². The smallest absolute Gasteiger partial charge is 0.159 e. The summed E-state index contributed by atoms with van der Waals surface area (Å²) in [6.45, 7) is 0.277. The van der Waals surface area contributed by atoms with Gasteiger partial charge in [0.1, 0.15) is 23.9 Å². The molecule has 2 rings (SSSR count). The van der Waals surface area contributed by atoms with Crippen LogP contribution in [0.1, 0.15) is 11.3 Å². The van der Waals surface area contributed by atoms with Crippen molar-refractivity contribution in [3.8, 4) is 6.07 Å². The van der Waals surface area contributed by atoms with Crippen LogP contribution in [0.2, 0.25) is 0 Å². The molecule has 1 aromatic carbocycles. The monoisotopic (exact) mass is 246 g/mol. The van der Waals surface area contributed by atoms with Gasteiger partial charge >= 0.3 is 0 Å². The van der Waals surface area contributed by atoms with E-state index in [0.717, 1.165) is 12.1 Å². The van der Waals surface area contributed by atoms with E-state index in [1.165, 1.54) is 18.5 Å². The first-order valence-electron chi connectivity index (χ1n) is 5.09. The Morgan fingerprint density at radius 2 is 2.00 bits per heavy atom. The number of nitrogens with zero attached hydrogens (tertiary/aromatic N) is 3. The van der Waals surface area contributed by atoms with Gasteiger partial charge in [0.15, 0.2) is 11.6 Å². The van der Waals surface area contributed by atoms with Gasteiger partial charge in [-0.3, -0.25) is 0 Å². The highest BCUT2D eigenvalue weighted by molar-refractivity contribution is 5.39. The SMILES string of the molecule is N#Cc1cc(NCc2ccc(F)c(F)c2)ncn1. The van der Waals surface area contributed by atoms with E-state index in [2.05, 4.69) is 15.3 Å². The van der Waals surface area contributed by atoms with Crippen LogP contribution in [-0.4, -0.2) is 9.97 Å². The quantitative estimate of drug-likeness (QED) is 0.902. The fraction of sp³-hybridized carbons (Fsp3) is 0.0833. The summed E-state index contributed by atoms with van der Waals surface area (Å²) in [6.07, 6.45) is 1.26. The average Bonchev–Trinajstić information content (AvgIpc) is 2.40. The van der Waals surface area contributed by atoms with Crippen molar-refractivity contribution in [2.75, 3.05) is 5.32 Å². The number of halogens is 2. The lowest BCUT2D eigenvalue weighted by Crippen LogP contribution is -2.03. The first-order chi connectivity index (χ1) is 8.69. The zero-order valence-corrected chi connectivity index (χ0v) is 9.19. The van der Waals surface area contributed by atoms with Crippen LogP contribution in [0, 0.1) is 23.0 Å². The highest BCUT2D eigenvalue weighted by atomic mass is 19.2. The van der Waals surface area contributed by atoms with E-state index >= 15 is 0 Å². The predicted octanol–water partition coefficient (Wildman–Crippen LogP) is 2.24. The van der Waals surface area contributed by atoms with Gasteiger partial charge in [0.25, 0.3) is 0 Å². The van der Waals surface area contributed by atoms with Gasteiger partial charge in [-0.1, -0.05) is 6.07 Å². The number of rotatable bonds is 3. The second-order valence-electron chi connectivity index (χ2n) is 3.50. The maximum Gasteiger partial charge on any atom is 0.159 e. The second kappa shape index (κ2) is 5.19. The fourth-order valence-corrected chi connectivity index (χ4v) is 1.36. The lowest BCUT2D eigenvalue weighted by Gasteiger charge is -2.05. The van der Waals surface area contributed by atoms with E-state index in [4.69, 9.17) is 5.26 Å². The van der Waals surface area contributed by atoms with E-state index in [1.807, 2.05) is 6.07 Å². The zero-order valence-electron chi connectivity index (χ0n) is 9.19. The molecular weight excluding hydrogens is 238 g/mol. The standard InChI is InChI=1S/C12H8F2N4/c13-10-2-1-8(3-11(10)14)6-16-12-4-9(5-15)17-7-18-12/h1-4,7H,6H2,(H,16,17,18). The molecular formula is C12H8F2N4. The summed E-state index contributed by atoms with van der Waals surface area (Å²) in [6, 6.07) is 6.99. The number of aromatic nitrogens is 2. The number of nitrogens with one attached hydrogen (secondary N) is 1. The molecule has 0 aliphatic rings. The minimum atomic E-state index is -0.894. The van der Waals surface area contributed by atoms with Crippen LogP contribution in [-0.2, 0) is 6.54 Å². The van der Waals surface area contributed by atoms with Crippen molar-refractivity contribution in [2.24, 2.45) is 0 Å². The molecule has 0 bridgehead atoms. The third kappa shape index (κ3) is 2.77. The molecule has 0 aliphatic carbocycles. The minimum Gasteiger partial charge on any atom is -0.366 e. The Kier molecular flexibility index (Phi) is 3.44. The highest BCUT2D eigenvalue weighted by Crippen LogP contribution is 2.11. The van der Waals surface area contributed by atoms with Crippen LogP contribution in [0.4, 0.5) is 14.6 Å². The highest BCUT2D eigenvalue weighted by Gasteiger charge is 2.03. The molecule has 2 aromatic rings. The van der Waals surface area contributed by atoms with Gasteiger partial charge in [-0.25, -0.2) is 18.7 Å². The second-order valence-corrected chi connectivity index (χ2v) is 3.50. The van der Waals surface area contributed by atoms with Crippen molar-refractivity contribution in [3.63, 3.8) is 0 Å². The summed E-state index contributed by atoms with van der Waals surface area (Å²) < 4.78 is 25.7. The van der Waals surface area contributed by atoms with Crippen LogP contribution in [0.15, 0.2) is 30.6 Å². The Labute approximate surface area is 102 Å². The Hall–Kier alpha value is -2.55. The Morgan fingerprint density at radius 3 is 2.72 bits per heavy atom. The lowest BCUT2D eigenvalue weighted by molar-refractivity contribution is 0.507. The molecule has 18 heavy (non-hydrogen) atoms. The topological polar surface area (TPSA) is 61.6 Å². The van der Waals surface area contributed by atoms with Gasteiger partial charge in [0.05, 0.1) is 0 Å². The Balaban J connectivity index is 2.07. The largest absolute Gasteiger partial charge is 0.366 e. The fourth-order valence-electron chi connectivity index (χ4n) is 1.36. The van der Waals surface area contributed by atoms with E-state index < -0.39 is 11.6 Å². The van der Waals surface area contributed by atoms with Gasteiger partial charge < -0.3 is 5.32 Å². The molecule has 0 unspecified atom stereocenters. The van der Waals surface area contributed by atoms with Crippen LogP contribution in [0.3, 0.4) is 0 Å². The number of anilines is 1. The molecule has 1 N–H and O–H groups in total. The van der Waals surface area contributed by atoms with Crippen molar-refractivity contribution in [1.82, 2.24) is 9.97 Å². The molecule has 0 spiro atoms. The molecule has 0 radical (unpaired) electrons. The molecule has 0 amide bonds. The van der Waals surface area contributed by atoms with Gasteiger partial charge in [-0.05, 0) is 17.7 Å². The molecule has 0 saturated carbocycles. The molecule has 6 heteroatoms. The summed E-state index contributed by atoms with van der Waals surface area (Å²) >= 11 is 0. The number of hydrogen-bond donors (Lipinski definition) is 1. The first kappa shape index (κ1) is 11.9. The third-order valence-corrected chi connectivity index (χ3v) is 2.24. The molecule has 4 nitrogen and oxygen atoms in total. The normalized spacial score (nSPS) is 9.83. The summed E-state index contributed by atoms with van der Waals surface area (Å²) in [5.74, 6) is -1.33. The maximum atomic E-state index is 13.0. The molecule has 0 aliphatic heterocycles. The molecule has 0 fully saturated rings. The summed E-state index contributed by atoms with van der Waals surface area (Å²) in [5.41, 5.74) is 0.809.